The molecule has 126 valence electrons. The Kier molecular flexibility index (Phi) is 5.82. The standard InChI is InChI=1S/C19H21FN2O2/c1-13(22(3)12-16-7-4-5-10-18(16)20)19(24)21-17-9-6-8-15(11-17)14(2)23/h4-11,13H,12H2,1-3H3,(H,21,24)/p+1/t13-/m1/s1. The number of ketones is 1. The number of benzene rings is 2. The van der Waals surface area contributed by atoms with Crippen molar-refractivity contribution < 1.29 is 18.9 Å². The molecule has 2 rings (SSSR count). The van der Waals surface area contributed by atoms with E-state index in [4.69, 9.17) is 0 Å². The van der Waals surface area contributed by atoms with Gasteiger partial charge < -0.3 is 10.2 Å². The summed E-state index contributed by atoms with van der Waals surface area (Å²) >= 11 is 0. The van der Waals surface area contributed by atoms with E-state index in [-0.39, 0.29) is 23.5 Å². The average Bonchev–Trinajstić information content (AvgIpc) is 2.56. The zero-order chi connectivity index (χ0) is 17.7. The Labute approximate surface area is 141 Å². The number of quaternary nitrogens is 1. The lowest BCUT2D eigenvalue weighted by Crippen LogP contribution is -3.12. The van der Waals surface area contributed by atoms with Gasteiger partial charge in [0.1, 0.15) is 12.4 Å². The van der Waals surface area contributed by atoms with Gasteiger partial charge in [0.15, 0.2) is 11.8 Å². The van der Waals surface area contributed by atoms with Crippen LogP contribution in [-0.4, -0.2) is 24.8 Å². The van der Waals surface area contributed by atoms with Gasteiger partial charge in [0.2, 0.25) is 0 Å². The van der Waals surface area contributed by atoms with Gasteiger partial charge in [0.25, 0.3) is 5.91 Å². The second-order valence-corrected chi connectivity index (χ2v) is 5.96. The fourth-order valence-electron chi connectivity index (χ4n) is 2.39. The fourth-order valence-corrected chi connectivity index (χ4v) is 2.39. The van der Waals surface area contributed by atoms with Crippen molar-refractivity contribution in [3.8, 4) is 0 Å². The van der Waals surface area contributed by atoms with Crippen molar-refractivity contribution in [2.24, 2.45) is 0 Å². The summed E-state index contributed by atoms with van der Waals surface area (Å²) in [6, 6.07) is 13.0. The molecule has 0 aliphatic rings. The normalized spacial score (nSPS) is 13.2. The molecule has 0 heterocycles. The van der Waals surface area contributed by atoms with E-state index in [0.717, 1.165) is 4.90 Å². The maximum absolute atomic E-state index is 13.7. The summed E-state index contributed by atoms with van der Waals surface area (Å²) in [6.45, 7) is 3.69. The van der Waals surface area contributed by atoms with E-state index in [0.29, 0.717) is 23.4 Å². The number of Topliss-reactive ketones (excluding diaryl/α,β-unsaturated/α-hetero) is 1. The summed E-state index contributed by atoms with van der Waals surface area (Å²) in [6.07, 6.45) is 0. The van der Waals surface area contributed by atoms with Gasteiger partial charge in [-0.15, -0.1) is 0 Å². The number of anilines is 1. The largest absolute Gasteiger partial charge is 0.324 e. The Bertz CT molecular complexity index is 746. The molecule has 1 amide bonds. The second kappa shape index (κ2) is 7.84. The van der Waals surface area contributed by atoms with Crippen LogP contribution in [0.25, 0.3) is 0 Å². The Balaban J connectivity index is 2.02. The minimum Gasteiger partial charge on any atom is -0.324 e. The second-order valence-electron chi connectivity index (χ2n) is 5.96. The van der Waals surface area contributed by atoms with Crippen LogP contribution in [0.2, 0.25) is 0 Å². The molecule has 5 heteroatoms. The van der Waals surface area contributed by atoms with Crippen LogP contribution in [0.5, 0.6) is 0 Å². The van der Waals surface area contributed by atoms with E-state index < -0.39 is 0 Å². The molecule has 1 unspecified atom stereocenters. The molecule has 0 spiro atoms. The minimum absolute atomic E-state index is 0.0542. The van der Waals surface area contributed by atoms with E-state index in [1.807, 2.05) is 7.05 Å². The van der Waals surface area contributed by atoms with Crippen LogP contribution in [0.1, 0.15) is 29.8 Å². The lowest BCUT2D eigenvalue weighted by molar-refractivity contribution is -0.908. The van der Waals surface area contributed by atoms with E-state index in [2.05, 4.69) is 5.32 Å². The lowest BCUT2D eigenvalue weighted by atomic mass is 10.1. The molecule has 0 bridgehead atoms. The summed E-state index contributed by atoms with van der Waals surface area (Å²) in [5.74, 6) is -0.496. The van der Waals surface area contributed by atoms with Crippen LogP contribution in [0.15, 0.2) is 48.5 Å². The molecule has 24 heavy (non-hydrogen) atoms. The van der Waals surface area contributed by atoms with Crippen LogP contribution in [-0.2, 0) is 11.3 Å². The molecule has 0 saturated heterocycles. The van der Waals surface area contributed by atoms with E-state index in [9.17, 15) is 14.0 Å². The molecule has 0 aliphatic carbocycles. The maximum atomic E-state index is 13.7. The number of carbonyl (C=O) groups excluding carboxylic acids is 2. The number of likely N-dealkylation sites (N-methyl/N-ethyl adjacent to an activating group) is 1. The molecule has 2 atom stereocenters. The number of carbonyl (C=O) groups is 2. The van der Waals surface area contributed by atoms with E-state index >= 15 is 0 Å². The van der Waals surface area contributed by atoms with Crippen LogP contribution >= 0.6 is 0 Å². The van der Waals surface area contributed by atoms with Gasteiger partial charge in [0.05, 0.1) is 7.05 Å². The quantitative estimate of drug-likeness (QED) is 0.797. The smallest absolute Gasteiger partial charge is 0.282 e. The SMILES string of the molecule is CC(=O)c1cccc(NC(=O)[C@@H](C)[NH+](C)Cc2ccccc2F)c1. The maximum Gasteiger partial charge on any atom is 0.282 e. The molecule has 0 radical (unpaired) electrons. The third-order valence-electron chi connectivity index (χ3n) is 4.10. The van der Waals surface area contributed by atoms with Gasteiger partial charge in [-0.2, -0.15) is 0 Å². The molecular formula is C19H22FN2O2+. The number of hydrogen-bond acceptors (Lipinski definition) is 2. The summed E-state index contributed by atoms with van der Waals surface area (Å²) in [4.78, 5) is 24.7. The molecule has 2 aromatic carbocycles. The number of halogens is 1. The first-order chi connectivity index (χ1) is 11.4. The highest BCUT2D eigenvalue weighted by Crippen LogP contribution is 2.11. The number of hydrogen-bond donors (Lipinski definition) is 2. The van der Waals surface area contributed by atoms with Crippen LogP contribution in [0, 0.1) is 5.82 Å². The third-order valence-corrected chi connectivity index (χ3v) is 4.10. The van der Waals surface area contributed by atoms with Gasteiger partial charge in [-0.1, -0.05) is 30.3 Å². The topological polar surface area (TPSA) is 50.6 Å². The number of rotatable bonds is 6. The van der Waals surface area contributed by atoms with E-state index in [1.165, 1.54) is 13.0 Å². The highest BCUT2D eigenvalue weighted by Gasteiger charge is 2.23. The lowest BCUT2D eigenvalue weighted by Gasteiger charge is -2.21. The zero-order valence-electron chi connectivity index (χ0n) is 14.1. The van der Waals surface area contributed by atoms with Gasteiger partial charge in [-0.3, -0.25) is 9.59 Å². The Morgan fingerprint density at radius 3 is 2.54 bits per heavy atom. The van der Waals surface area contributed by atoms with Gasteiger partial charge in [-0.05, 0) is 32.0 Å². The summed E-state index contributed by atoms with van der Waals surface area (Å²) in [5, 5.41) is 2.81. The van der Waals surface area contributed by atoms with Crippen molar-refractivity contribution in [1.29, 1.82) is 0 Å². The molecular weight excluding hydrogens is 307 g/mol. The molecule has 2 aromatic rings. The van der Waals surface area contributed by atoms with Crippen molar-refractivity contribution in [3.05, 3.63) is 65.5 Å². The minimum atomic E-state index is -0.370. The van der Waals surface area contributed by atoms with Crippen molar-refractivity contribution in [2.45, 2.75) is 26.4 Å². The van der Waals surface area contributed by atoms with Crippen molar-refractivity contribution in [1.82, 2.24) is 0 Å². The van der Waals surface area contributed by atoms with E-state index in [1.54, 1.807) is 49.4 Å². The summed E-state index contributed by atoms with van der Waals surface area (Å²) in [5.41, 5.74) is 1.71. The van der Waals surface area contributed by atoms with Crippen LogP contribution in [0.4, 0.5) is 10.1 Å². The molecule has 2 N–H and O–H groups in total. The number of nitrogens with one attached hydrogen (secondary N) is 2. The fraction of sp³-hybridized carbons (Fsp3) is 0.263. The van der Waals surface area contributed by atoms with Gasteiger partial charge >= 0.3 is 0 Å². The molecule has 0 fully saturated rings. The number of amides is 1. The Morgan fingerprint density at radius 1 is 1.17 bits per heavy atom. The first kappa shape index (κ1) is 17.8. The monoisotopic (exact) mass is 329 g/mol. The van der Waals surface area contributed by atoms with Crippen LogP contribution in [0.3, 0.4) is 0 Å². The Morgan fingerprint density at radius 2 is 1.88 bits per heavy atom. The highest BCUT2D eigenvalue weighted by molar-refractivity contribution is 5.97. The molecule has 0 aromatic heterocycles. The third kappa shape index (κ3) is 4.49. The first-order valence-electron chi connectivity index (χ1n) is 7.86. The first-order valence-corrected chi connectivity index (χ1v) is 7.86. The Hall–Kier alpha value is -2.53. The highest BCUT2D eigenvalue weighted by atomic mass is 19.1. The molecule has 4 nitrogen and oxygen atoms in total. The predicted octanol–water partition coefficient (Wildman–Crippen LogP) is 2.07. The van der Waals surface area contributed by atoms with Crippen LogP contribution < -0.4 is 10.2 Å². The van der Waals surface area contributed by atoms with Crippen molar-refractivity contribution in [2.75, 3.05) is 12.4 Å². The molecule has 0 aliphatic heterocycles. The van der Waals surface area contributed by atoms with Crippen molar-refractivity contribution >= 4 is 17.4 Å². The summed E-state index contributed by atoms with van der Waals surface area (Å²) in [7, 11) is 1.85. The van der Waals surface area contributed by atoms with Gasteiger partial charge in [-0.25, -0.2) is 4.39 Å². The average molecular weight is 329 g/mol. The molecule has 0 saturated carbocycles. The van der Waals surface area contributed by atoms with Gasteiger partial charge in [0, 0.05) is 16.8 Å². The summed E-state index contributed by atoms with van der Waals surface area (Å²) < 4.78 is 13.7. The predicted molar refractivity (Wildman–Crippen MR) is 91.5 cm³/mol. The van der Waals surface area contributed by atoms with Crippen molar-refractivity contribution in [3.63, 3.8) is 0 Å². The zero-order valence-corrected chi connectivity index (χ0v) is 14.1.